The lowest BCUT2D eigenvalue weighted by Gasteiger charge is -2.13. The van der Waals surface area contributed by atoms with E-state index in [4.69, 9.17) is 9.15 Å². The molecule has 1 atom stereocenters. The van der Waals surface area contributed by atoms with Crippen LogP contribution in [-0.4, -0.2) is 22.5 Å². The Morgan fingerprint density at radius 2 is 2.25 bits per heavy atom. The minimum absolute atomic E-state index is 0.0836. The molecule has 0 aliphatic heterocycles. The molecule has 0 bridgehead atoms. The van der Waals surface area contributed by atoms with Crippen LogP contribution in [0.2, 0.25) is 0 Å². The first-order chi connectivity index (χ1) is 11.5. The molecule has 6 nitrogen and oxygen atoms in total. The zero-order chi connectivity index (χ0) is 17.3. The predicted molar refractivity (Wildman–Crippen MR) is 96.6 cm³/mol. The third-order valence-electron chi connectivity index (χ3n) is 3.36. The van der Waals surface area contributed by atoms with E-state index in [2.05, 4.69) is 31.2 Å². The standard InChI is InChI=1S/C16H16BrN3O3S/c1-4-22-16(21)12-7-10-14(19-9(3)20-15(10)24-12)18-8(2)11-5-6-13(17)23-11/h5-8H,4H2,1-3H3,(H,18,19,20). The number of anilines is 1. The van der Waals surface area contributed by atoms with Crippen molar-refractivity contribution in [2.24, 2.45) is 0 Å². The van der Waals surface area contributed by atoms with E-state index in [0.29, 0.717) is 27.8 Å². The van der Waals surface area contributed by atoms with Crippen LogP contribution in [0.25, 0.3) is 10.2 Å². The summed E-state index contributed by atoms with van der Waals surface area (Å²) in [4.78, 5) is 22.1. The number of carbonyl (C=O) groups is 1. The number of hydrogen-bond acceptors (Lipinski definition) is 7. The first-order valence-corrected chi connectivity index (χ1v) is 9.06. The van der Waals surface area contributed by atoms with Gasteiger partial charge in [0.2, 0.25) is 0 Å². The van der Waals surface area contributed by atoms with Crippen molar-refractivity contribution in [2.45, 2.75) is 26.8 Å². The minimum Gasteiger partial charge on any atom is -0.462 e. The van der Waals surface area contributed by atoms with Gasteiger partial charge in [0.1, 0.15) is 27.1 Å². The summed E-state index contributed by atoms with van der Waals surface area (Å²) in [6, 6.07) is 5.42. The summed E-state index contributed by atoms with van der Waals surface area (Å²) in [6.07, 6.45) is 0. The topological polar surface area (TPSA) is 77.2 Å². The molecular formula is C16H16BrN3O3S. The number of fused-ring (bicyclic) bond motifs is 1. The Balaban J connectivity index is 1.96. The zero-order valence-electron chi connectivity index (χ0n) is 13.4. The van der Waals surface area contributed by atoms with E-state index in [1.54, 1.807) is 13.0 Å². The average Bonchev–Trinajstić information content (AvgIpc) is 3.13. The fourth-order valence-electron chi connectivity index (χ4n) is 2.28. The smallest absolute Gasteiger partial charge is 0.348 e. The van der Waals surface area contributed by atoms with Gasteiger partial charge < -0.3 is 14.5 Å². The Kier molecular flexibility index (Phi) is 4.86. The van der Waals surface area contributed by atoms with E-state index in [1.807, 2.05) is 26.0 Å². The molecule has 3 aromatic rings. The van der Waals surface area contributed by atoms with Gasteiger partial charge in [0, 0.05) is 0 Å². The molecule has 0 aliphatic rings. The van der Waals surface area contributed by atoms with E-state index >= 15 is 0 Å². The van der Waals surface area contributed by atoms with Gasteiger partial charge in [0.15, 0.2) is 4.67 Å². The summed E-state index contributed by atoms with van der Waals surface area (Å²) in [7, 11) is 0. The van der Waals surface area contributed by atoms with Crippen molar-refractivity contribution in [1.29, 1.82) is 0 Å². The lowest BCUT2D eigenvalue weighted by Crippen LogP contribution is -2.08. The normalized spacial score (nSPS) is 12.3. The van der Waals surface area contributed by atoms with Crippen molar-refractivity contribution in [3.8, 4) is 0 Å². The van der Waals surface area contributed by atoms with Crippen molar-refractivity contribution in [1.82, 2.24) is 9.97 Å². The van der Waals surface area contributed by atoms with Crippen LogP contribution in [0.1, 0.15) is 41.1 Å². The Morgan fingerprint density at radius 3 is 2.92 bits per heavy atom. The van der Waals surface area contributed by atoms with Crippen LogP contribution in [-0.2, 0) is 4.74 Å². The van der Waals surface area contributed by atoms with Crippen molar-refractivity contribution >= 4 is 49.3 Å². The Labute approximate surface area is 151 Å². The number of rotatable bonds is 5. The monoisotopic (exact) mass is 409 g/mol. The lowest BCUT2D eigenvalue weighted by molar-refractivity contribution is 0.0532. The maximum Gasteiger partial charge on any atom is 0.348 e. The van der Waals surface area contributed by atoms with E-state index in [0.717, 1.165) is 16.0 Å². The summed E-state index contributed by atoms with van der Waals surface area (Å²) in [6.45, 7) is 5.92. The Hall–Kier alpha value is -1.93. The number of hydrogen-bond donors (Lipinski definition) is 1. The van der Waals surface area contributed by atoms with Crippen LogP contribution >= 0.6 is 27.3 Å². The van der Waals surface area contributed by atoms with Crippen molar-refractivity contribution in [3.63, 3.8) is 0 Å². The summed E-state index contributed by atoms with van der Waals surface area (Å²) in [5.74, 6) is 1.75. The molecule has 126 valence electrons. The van der Waals surface area contributed by atoms with Crippen LogP contribution in [0.3, 0.4) is 0 Å². The summed E-state index contributed by atoms with van der Waals surface area (Å²) < 4.78 is 11.3. The molecule has 1 unspecified atom stereocenters. The molecule has 0 spiro atoms. The number of carbonyl (C=O) groups excluding carboxylic acids is 1. The van der Waals surface area contributed by atoms with Gasteiger partial charge in [-0.3, -0.25) is 0 Å². The van der Waals surface area contributed by atoms with Gasteiger partial charge in [-0.25, -0.2) is 14.8 Å². The minimum atomic E-state index is -0.341. The Bertz CT molecular complexity index is 890. The number of halogens is 1. The number of nitrogens with one attached hydrogen (secondary N) is 1. The predicted octanol–water partition coefficient (Wildman–Crippen LogP) is 4.71. The van der Waals surface area contributed by atoms with Gasteiger partial charge >= 0.3 is 5.97 Å². The second kappa shape index (κ2) is 6.90. The van der Waals surface area contributed by atoms with Gasteiger partial charge in [-0.15, -0.1) is 11.3 Å². The van der Waals surface area contributed by atoms with E-state index < -0.39 is 0 Å². The molecule has 1 N–H and O–H groups in total. The van der Waals surface area contributed by atoms with Gasteiger partial charge in [-0.1, -0.05) is 0 Å². The van der Waals surface area contributed by atoms with E-state index in [-0.39, 0.29) is 12.0 Å². The quantitative estimate of drug-likeness (QED) is 0.615. The molecule has 3 heterocycles. The molecule has 8 heteroatoms. The van der Waals surface area contributed by atoms with Crippen LogP contribution in [0.4, 0.5) is 5.82 Å². The molecule has 3 rings (SSSR count). The average molecular weight is 410 g/mol. The molecule has 24 heavy (non-hydrogen) atoms. The van der Waals surface area contributed by atoms with Gasteiger partial charge in [0.05, 0.1) is 18.0 Å². The molecule has 0 aliphatic carbocycles. The maximum atomic E-state index is 12.0. The largest absolute Gasteiger partial charge is 0.462 e. The first kappa shape index (κ1) is 16.9. The number of aryl methyl sites for hydroxylation is 1. The second-order valence-electron chi connectivity index (χ2n) is 5.18. The van der Waals surface area contributed by atoms with E-state index in [9.17, 15) is 4.79 Å². The number of thiophene rings is 1. The third kappa shape index (κ3) is 3.44. The molecule has 3 aromatic heterocycles. The molecule has 0 aromatic carbocycles. The van der Waals surface area contributed by atoms with Gasteiger partial charge in [-0.05, 0) is 54.9 Å². The Morgan fingerprint density at radius 1 is 1.46 bits per heavy atom. The fourth-order valence-corrected chi connectivity index (χ4v) is 3.57. The van der Waals surface area contributed by atoms with Gasteiger partial charge in [0.25, 0.3) is 0 Å². The van der Waals surface area contributed by atoms with Crippen molar-refractivity contribution in [2.75, 3.05) is 11.9 Å². The SMILES string of the molecule is CCOC(=O)c1cc2c(NC(C)c3ccc(Br)o3)nc(C)nc2s1. The third-order valence-corrected chi connectivity index (χ3v) is 4.79. The number of esters is 1. The summed E-state index contributed by atoms with van der Waals surface area (Å²) >= 11 is 4.61. The molecule has 0 saturated heterocycles. The molecular weight excluding hydrogens is 394 g/mol. The van der Waals surface area contributed by atoms with Crippen LogP contribution in [0.15, 0.2) is 27.3 Å². The van der Waals surface area contributed by atoms with Crippen LogP contribution in [0, 0.1) is 6.92 Å². The molecule has 0 radical (unpaired) electrons. The van der Waals surface area contributed by atoms with E-state index in [1.165, 1.54) is 11.3 Å². The highest BCUT2D eigenvalue weighted by molar-refractivity contribution is 9.10. The highest BCUT2D eigenvalue weighted by Crippen LogP contribution is 2.32. The summed E-state index contributed by atoms with van der Waals surface area (Å²) in [5.41, 5.74) is 0. The first-order valence-electron chi connectivity index (χ1n) is 7.45. The summed E-state index contributed by atoms with van der Waals surface area (Å²) in [5, 5.41) is 4.13. The number of nitrogens with zero attached hydrogens (tertiary/aromatic N) is 2. The van der Waals surface area contributed by atoms with Crippen molar-refractivity contribution < 1.29 is 13.9 Å². The lowest BCUT2D eigenvalue weighted by atomic mass is 10.2. The highest BCUT2D eigenvalue weighted by atomic mass is 79.9. The molecule has 0 fully saturated rings. The number of furan rings is 1. The highest BCUT2D eigenvalue weighted by Gasteiger charge is 2.18. The van der Waals surface area contributed by atoms with Gasteiger partial charge in [-0.2, -0.15) is 0 Å². The number of aromatic nitrogens is 2. The van der Waals surface area contributed by atoms with Crippen LogP contribution in [0.5, 0.6) is 0 Å². The fraction of sp³-hybridized carbons (Fsp3) is 0.312. The number of ether oxygens (including phenoxy) is 1. The molecule has 0 amide bonds. The van der Waals surface area contributed by atoms with Crippen molar-refractivity contribution in [3.05, 3.63) is 39.3 Å². The van der Waals surface area contributed by atoms with Crippen LogP contribution < -0.4 is 5.32 Å². The maximum absolute atomic E-state index is 12.0. The molecule has 0 saturated carbocycles. The zero-order valence-corrected chi connectivity index (χ0v) is 15.8. The second-order valence-corrected chi connectivity index (χ2v) is 6.99.